The third kappa shape index (κ3) is 5.35. The first kappa shape index (κ1) is 16.8. The van der Waals surface area contributed by atoms with Crippen molar-refractivity contribution in [3.8, 4) is 0 Å². The maximum atomic E-state index is 5.57. The predicted molar refractivity (Wildman–Crippen MR) is 90.0 cm³/mol. The van der Waals surface area contributed by atoms with Crippen molar-refractivity contribution in [3.05, 3.63) is 17.3 Å². The highest BCUT2D eigenvalue weighted by molar-refractivity contribution is 5.79. The van der Waals surface area contributed by atoms with Gasteiger partial charge in [0, 0.05) is 13.1 Å². The Hall–Kier alpha value is -1.52. The van der Waals surface area contributed by atoms with Gasteiger partial charge in [0.1, 0.15) is 12.3 Å². The molecular formula is C17H30N4O. The molecule has 1 aliphatic carbocycles. The average Bonchev–Trinajstić information content (AvgIpc) is 2.84. The van der Waals surface area contributed by atoms with Crippen LogP contribution < -0.4 is 10.6 Å². The zero-order valence-electron chi connectivity index (χ0n) is 14.2. The van der Waals surface area contributed by atoms with Crippen molar-refractivity contribution in [3.63, 3.8) is 0 Å². The highest BCUT2D eigenvalue weighted by Gasteiger charge is 2.13. The van der Waals surface area contributed by atoms with E-state index in [2.05, 4.69) is 27.5 Å². The van der Waals surface area contributed by atoms with Crippen LogP contribution in [0.25, 0.3) is 0 Å². The zero-order chi connectivity index (χ0) is 15.8. The number of aliphatic imine (C=N–C) groups is 1. The third-order valence-corrected chi connectivity index (χ3v) is 4.36. The molecule has 2 N–H and O–H groups in total. The molecule has 0 radical (unpaired) electrons. The fourth-order valence-corrected chi connectivity index (χ4v) is 2.97. The summed E-state index contributed by atoms with van der Waals surface area (Å²) in [5, 5.41) is 6.71. The minimum absolute atomic E-state index is 0.480. The van der Waals surface area contributed by atoms with Crippen molar-refractivity contribution < 1.29 is 4.42 Å². The largest absolute Gasteiger partial charge is 0.444 e. The second-order valence-electron chi connectivity index (χ2n) is 6.16. The highest BCUT2D eigenvalue weighted by Crippen LogP contribution is 2.25. The van der Waals surface area contributed by atoms with Gasteiger partial charge in [-0.05, 0) is 33.1 Å². The SMILES string of the molecule is CCNC(=NCc1nc(C)c(C)o1)NCCC1CCCCC1. The molecule has 124 valence electrons. The summed E-state index contributed by atoms with van der Waals surface area (Å²) >= 11 is 0. The van der Waals surface area contributed by atoms with Gasteiger partial charge in [0.2, 0.25) is 5.89 Å². The van der Waals surface area contributed by atoms with Crippen LogP contribution in [0.3, 0.4) is 0 Å². The summed E-state index contributed by atoms with van der Waals surface area (Å²) in [7, 11) is 0. The number of hydrogen-bond acceptors (Lipinski definition) is 3. The monoisotopic (exact) mass is 306 g/mol. The van der Waals surface area contributed by atoms with Gasteiger partial charge >= 0.3 is 0 Å². The fourth-order valence-electron chi connectivity index (χ4n) is 2.97. The first-order valence-corrected chi connectivity index (χ1v) is 8.64. The molecule has 1 aliphatic rings. The van der Waals surface area contributed by atoms with Gasteiger partial charge in [0.25, 0.3) is 0 Å². The number of nitrogens with one attached hydrogen (secondary N) is 2. The van der Waals surface area contributed by atoms with Crippen LogP contribution in [0, 0.1) is 19.8 Å². The van der Waals surface area contributed by atoms with Crippen molar-refractivity contribution in [2.24, 2.45) is 10.9 Å². The van der Waals surface area contributed by atoms with Crippen LogP contribution in [0.2, 0.25) is 0 Å². The summed E-state index contributed by atoms with van der Waals surface area (Å²) in [4.78, 5) is 8.93. The van der Waals surface area contributed by atoms with Crippen molar-refractivity contribution in [2.75, 3.05) is 13.1 Å². The van der Waals surface area contributed by atoms with E-state index in [4.69, 9.17) is 4.42 Å². The highest BCUT2D eigenvalue weighted by atomic mass is 16.4. The standard InChI is InChI=1S/C17H30N4O/c1-4-18-17(19-11-10-15-8-6-5-7-9-15)20-12-16-21-13(2)14(3)22-16/h15H,4-12H2,1-3H3,(H2,18,19,20). The first-order chi connectivity index (χ1) is 10.7. The minimum Gasteiger partial charge on any atom is -0.444 e. The van der Waals surface area contributed by atoms with E-state index in [0.717, 1.165) is 36.4 Å². The van der Waals surface area contributed by atoms with Crippen LogP contribution in [0.4, 0.5) is 0 Å². The molecule has 0 amide bonds. The Bertz CT molecular complexity index is 456. The van der Waals surface area contributed by atoms with Crippen LogP contribution in [0.5, 0.6) is 0 Å². The summed E-state index contributed by atoms with van der Waals surface area (Å²) in [5.41, 5.74) is 0.945. The lowest BCUT2D eigenvalue weighted by Gasteiger charge is -2.22. The van der Waals surface area contributed by atoms with E-state index >= 15 is 0 Å². The summed E-state index contributed by atoms with van der Waals surface area (Å²) in [6.07, 6.45) is 8.25. The van der Waals surface area contributed by atoms with E-state index in [1.165, 1.54) is 38.5 Å². The van der Waals surface area contributed by atoms with Gasteiger partial charge in [0.05, 0.1) is 5.69 Å². The molecule has 0 aromatic carbocycles. The van der Waals surface area contributed by atoms with Crippen LogP contribution in [0.15, 0.2) is 9.41 Å². The van der Waals surface area contributed by atoms with E-state index in [1.54, 1.807) is 0 Å². The summed E-state index contributed by atoms with van der Waals surface area (Å²) in [5.74, 6) is 3.30. The number of oxazole rings is 1. The second kappa shape index (κ2) is 8.81. The molecule has 5 heteroatoms. The normalized spacial score (nSPS) is 16.8. The van der Waals surface area contributed by atoms with E-state index in [0.29, 0.717) is 12.4 Å². The van der Waals surface area contributed by atoms with Crippen molar-refractivity contribution in [1.29, 1.82) is 0 Å². The summed E-state index contributed by atoms with van der Waals surface area (Å²) in [6, 6.07) is 0. The lowest BCUT2D eigenvalue weighted by Crippen LogP contribution is -2.38. The Morgan fingerprint density at radius 1 is 1.23 bits per heavy atom. The van der Waals surface area contributed by atoms with E-state index in [-0.39, 0.29) is 0 Å². The molecular weight excluding hydrogens is 276 g/mol. The maximum absolute atomic E-state index is 5.57. The van der Waals surface area contributed by atoms with Gasteiger partial charge in [-0.25, -0.2) is 9.98 Å². The van der Waals surface area contributed by atoms with Gasteiger partial charge in [-0.1, -0.05) is 32.1 Å². The molecule has 0 aliphatic heterocycles. The quantitative estimate of drug-likeness (QED) is 0.625. The van der Waals surface area contributed by atoms with Gasteiger partial charge in [-0.3, -0.25) is 0 Å². The first-order valence-electron chi connectivity index (χ1n) is 8.64. The number of hydrogen-bond donors (Lipinski definition) is 2. The Morgan fingerprint density at radius 3 is 2.64 bits per heavy atom. The molecule has 22 heavy (non-hydrogen) atoms. The molecule has 2 rings (SSSR count). The topological polar surface area (TPSA) is 62.5 Å². The maximum Gasteiger partial charge on any atom is 0.216 e. The Balaban J connectivity index is 1.78. The van der Waals surface area contributed by atoms with Crippen LogP contribution in [-0.2, 0) is 6.54 Å². The number of rotatable bonds is 6. The second-order valence-corrected chi connectivity index (χ2v) is 6.16. The zero-order valence-corrected chi connectivity index (χ0v) is 14.2. The molecule has 1 heterocycles. The Labute approximate surface area is 134 Å². The molecule has 1 aromatic rings. The summed E-state index contributed by atoms with van der Waals surface area (Å²) < 4.78 is 5.57. The molecule has 1 fully saturated rings. The van der Waals surface area contributed by atoms with Crippen LogP contribution in [0.1, 0.15) is 62.8 Å². The number of aryl methyl sites for hydroxylation is 2. The smallest absolute Gasteiger partial charge is 0.216 e. The lowest BCUT2D eigenvalue weighted by atomic mass is 9.87. The summed E-state index contributed by atoms with van der Waals surface area (Å²) in [6.45, 7) is 8.30. The van der Waals surface area contributed by atoms with Crippen LogP contribution >= 0.6 is 0 Å². The molecule has 1 saturated carbocycles. The molecule has 0 saturated heterocycles. The fraction of sp³-hybridized carbons (Fsp3) is 0.765. The molecule has 0 unspecified atom stereocenters. The molecule has 0 spiro atoms. The van der Waals surface area contributed by atoms with E-state index < -0.39 is 0 Å². The van der Waals surface area contributed by atoms with Gasteiger partial charge in [-0.15, -0.1) is 0 Å². The van der Waals surface area contributed by atoms with Gasteiger partial charge < -0.3 is 15.1 Å². The third-order valence-electron chi connectivity index (χ3n) is 4.36. The molecule has 5 nitrogen and oxygen atoms in total. The van der Waals surface area contributed by atoms with Crippen LogP contribution in [-0.4, -0.2) is 24.0 Å². The van der Waals surface area contributed by atoms with Gasteiger partial charge in [-0.2, -0.15) is 0 Å². The number of nitrogens with zero attached hydrogens (tertiary/aromatic N) is 2. The molecule has 0 bridgehead atoms. The van der Waals surface area contributed by atoms with Crippen molar-refractivity contribution in [2.45, 2.75) is 65.8 Å². The van der Waals surface area contributed by atoms with Gasteiger partial charge in [0.15, 0.2) is 5.96 Å². The van der Waals surface area contributed by atoms with Crippen molar-refractivity contribution >= 4 is 5.96 Å². The number of aromatic nitrogens is 1. The Morgan fingerprint density at radius 2 is 2.00 bits per heavy atom. The van der Waals surface area contributed by atoms with Crippen molar-refractivity contribution in [1.82, 2.24) is 15.6 Å². The average molecular weight is 306 g/mol. The molecule has 0 atom stereocenters. The minimum atomic E-state index is 0.480. The molecule has 1 aromatic heterocycles. The lowest BCUT2D eigenvalue weighted by molar-refractivity contribution is 0.339. The predicted octanol–water partition coefficient (Wildman–Crippen LogP) is 3.32. The number of guanidine groups is 1. The Kier molecular flexibility index (Phi) is 6.74. The van der Waals surface area contributed by atoms with E-state index in [1.807, 2.05) is 13.8 Å². The van der Waals surface area contributed by atoms with E-state index in [9.17, 15) is 0 Å².